The third-order valence-electron chi connectivity index (χ3n) is 8.56. The van der Waals surface area contributed by atoms with E-state index in [1.165, 1.54) is 14.2 Å². The zero-order valence-corrected chi connectivity index (χ0v) is 18.5. The molecule has 4 aliphatic rings. The van der Waals surface area contributed by atoms with Gasteiger partial charge in [0.1, 0.15) is 5.92 Å². The highest BCUT2D eigenvalue weighted by Gasteiger charge is 2.80. The molecule has 0 aromatic heterocycles. The highest BCUT2D eigenvalue weighted by Crippen LogP contribution is 2.68. The molecule has 1 spiro atoms. The summed E-state index contributed by atoms with van der Waals surface area (Å²) in [5.74, 6) is -2.44. The summed E-state index contributed by atoms with van der Waals surface area (Å²) in [6, 6.07) is 7.45. The second-order valence-electron chi connectivity index (χ2n) is 9.36. The highest BCUT2D eigenvalue weighted by atomic mass is 16.5. The number of nitrogens with zero attached hydrogens (tertiary/aromatic N) is 2. The second-order valence-corrected chi connectivity index (χ2v) is 9.36. The number of rotatable bonds is 3. The Kier molecular flexibility index (Phi) is 4.34. The first kappa shape index (κ1) is 20.5. The van der Waals surface area contributed by atoms with Crippen molar-refractivity contribution in [1.29, 1.82) is 0 Å². The van der Waals surface area contributed by atoms with Crippen LogP contribution in [-0.4, -0.2) is 74.0 Å². The van der Waals surface area contributed by atoms with E-state index in [2.05, 4.69) is 23.1 Å². The first-order valence-electron chi connectivity index (χ1n) is 11.0. The number of fused-ring (bicyclic) bond motifs is 1. The van der Waals surface area contributed by atoms with E-state index in [4.69, 9.17) is 9.47 Å². The second kappa shape index (κ2) is 6.56. The van der Waals surface area contributed by atoms with Crippen LogP contribution in [-0.2, 0) is 24.5 Å². The summed E-state index contributed by atoms with van der Waals surface area (Å²) in [6.45, 7) is 3.65. The predicted molar refractivity (Wildman–Crippen MR) is 115 cm³/mol. The molecule has 6 atom stereocenters. The first-order valence-corrected chi connectivity index (χ1v) is 11.0. The lowest BCUT2D eigenvalue weighted by Gasteiger charge is -2.63. The van der Waals surface area contributed by atoms with E-state index in [-0.39, 0.29) is 6.04 Å². The van der Waals surface area contributed by atoms with Gasteiger partial charge < -0.3 is 19.5 Å². The lowest BCUT2D eigenvalue weighted by molar-refractivity contribution is -0.209. The van der Waals surface area contributed by atoms with Crippen molar-refractivity contribution in [2.24, 2.45) is 11.3 Å². The minimum Gasteiger partial charge on any atom is -0.469 e. The third-order valence-corrected chi connectivity index (χ3v) is 8.56. The van der Waals surface area contributed by atoms with Gasteiger partial charge in [0.2, 0.25) is 0 Å². The third kappa shape index (κ3) is 2.11. The molecule has 1 aromatic carbocycles. The van der Waals surface area contributed by atoms with Crippen LogP contribution in [0.1, 0.15) is 25.3 Å². The summed E-state index contributed by atoms with van der Waals surface area (Å²) in [6.07, 6.45) is 5.51. The minimum atomic E-state index is -2.07. The molecule has 1 N–H and O–H groups in total. The van der Waals surface area contributed by atoms with Gasteiger partial charge in [-0.3, -0.25) is 9.69 Å². The molecule has 6 unspecified atom stereocenters. The number of benzene rings is 1. The van der Waals surface area contributed by atoms with Gasteiger partial charge >= 0.3 is 11.9 Å². The number of carbonyl (C=O) groups is 2. The molecule has 166 valence electrons. The van der Waals surface area contributed by atoms with Gasteiger partial charge in [-0.25, -0.2) is 4.79 Å². The fourth-order valence-corrected chi connectivity index (χ4v) is 7.74. The fourth-order valence-electron chi connectivity index (χ4n) is 7.74. The van der Waals surface area contributed by atoms with Gasteiger partial charge in [0.25, 0.3) is 0 Å². The van der Waals surface area contributed by atoms with E-state index < -0.39 is 40.3 Å². The van der Waals surface area contributed by atoms with Crippen molar-refractivity contribution >= 4 is 17.6 Å². The standard InChI is InChI=1S/C24H30N2O5/c1-5-22-11-8-13-26-14-12-23(19(22)26)15-9-6-7-10-16(15)25(2)20(23)24(29,21(28)31-4)17(22)18(27)30-3/h6-11,17,19-20,29H,5,12-14H2,1-4H3. The number of aliphatic hydroxyl groups is 1. The monoisotopic (exact) mass is 426 g/mol. The fraction of sp³-hybridized carbons (Fsp3) is 0.583. The maximum atomic E-state index is 13.4. The van der Waals surface area contributed by atoms with Crippen LogP contribution in [0.4, 0.5) is 5.69 Å². The number of likely N-dealkylation sites (N-methyl/N-ethyl adjacent to an activating group) is 1. The number of esters is 2. The SMILES string of the molecule is CCC12C=CCN3CCC4(c5ccccc5N(C)C4C(O)(C(=O)OC)C1C(=O)OC)C32. The maximum absolute atomic E-state index is 13.4. The van der Waals surface area contributed by atoms with Crippen LogP contribution < -0.4 is 4.90 Å². The molecule has 1 aromatic rings. The van der Waals surface area contributed by atoms with Crippen LogP contribution >= 0.6 is 0 Å². The molecule has 1 saturated heterocycles. The van der Waals surface area contributed by atoms with Crippen molar-refractivity contribution in [2.45, 2.75) is 42.9 Å². The Hall–Kier alpha value is -2.38. The van der Waals surface area contributed by atoms with Gasteiger partial charge in [-0.2, -0.15) is 0 Å². The lowest BCUT2D eigenvalue weighted by Crippen LogP contribution is -2.80. The Balaban J connectivity index is 1.90. The number of ether oxygens (including phenoxy) is 2. The molecule has 5 rings (SSSR count). The lowest BCUT2D eigenvalue weighted by atomic mass is 9.45. The Labute approximate surface area is 182 Å². The van der Waals surface area contributed by atoms with Crippen molar-refractivity contribution < 1.29 is 24.2 Å². The van der Waals surface area contributed by atoms with E-state index in [9.17, 15) is 14.7 Å². The molecule has 7 heteroatoms. The summed E-state index contributed by atoms with van der Waals surface area (Å²) in [5.41, 5.74) is -1.23. The summed E-state index contributed by atoms with van der Waals surface area (Å²) < 4.78 is 10.4. The molecule has 31 heavy (non-hydrogen) atoms. The number of hydrogen-bond acceptors (Lipinski definition) is 7. The summed E-state index contributed by atoms with van der Waals surface area (Å²) >= 11 is 0. The van der Waals surface area contributed by atoms with Gasteiger partial charge in [-0.15, -0.1) is 0 Å². The van der Waals surface area contributed by atoms with Gasteiger partial charge in [0.05, 0.1) is 20.3 Å². The van der Waals surface area contributed by atoms with Gasteiger partial charge in [-0.05, 0) is 31.0 Å². The van der Waals surface area contributed by atoms with Crippen LogP contribution in [0.2, 0.25) is 0 Å². The Morgan fingerprint density at radius 1 is 1.19 bits per heavy atom. The van der Waals surface area contributed by atoms with Gasteiger partial charge in [-0.1, -0.05) is 37.3 Å². The molecular formula is C24H30N2O5. The van der Waals surface area contributed by atoms with E-state index in [1.54, 1.807) is 0 Å². The van der Waals surface area contributed by atoms with Crippen molar-refractivity contribution in [2.75, 3.05) is 39.3 Å². The predicted octanol–water partition coefficient (Wildman–Crippen LogP) is 1.49. The molecule has 1 saturated carbocycles. The van der Waals surface area contributed by atoms with Crippen LogP contribution in [0.3, 0.4) is 0 Å². The average molecular weight is 427 g/mol. The zero-order valence-electron chi connectivity index (χ0n) is 18.5. The van der Waals surface area contributed by atoms with Crippen LogP contribution in [0.5, 0.6) is 0 Å². The van der Waals surface area contributed by atoms with E-state index in [0.717, 1.165) is 30.8 Å². The molecule has 0 bridgehead atoms. The number of hydrogen-bond donors (Lipinski definition) is 1. The van der Waals surface area contributed by atoms with Gasteiger partial charge in [0.15, 0.2) is 5.60 Å². The van der Waals surface area contributed by atoms with Crippen LogP contribution in [0.15, 0.2) is 36.4 Å². The molecule has 2 fully saturated rings. The molecule has 0 amide bonds. The Morgan fingerprint density at radius 3 is 2.61 bits per heavy atom. The van der Waals surface area contributed by atoms with E-state index in [1.807, 2.05) is 37.1 Å². The minimum absolute atomic E-state index is 0.0415. The topological polar surface area (TPSA) is 79.3 Å². The van der Waals surface area contributed by atoms with Crippen molar-refractivity contribution in [3.63, 3.8) is 0 Å². The summed E-state index contributed by atoms with van der Waals surface area (Å²) in [5, 5.41) is 12.4. The van der Waals surface area contributed by atoms with Gasteiger partial charge in [0, 0.05) is 36.2 Å². The number of carbonyl (C=O) groups excluding carboxylic acids is 2. The summed E-state index contributed by atoms with van der Waals surface area (Å²) in [4.78, 5) is 31.2. The molecule has 3 heterocycles. The number of anilines is 1. The number of methoxy groups -OCH3 is 2. The highest BCUT2D eigenvalue weighted by molar-refractivity contribution is 5.92. The molecular weight excluding hydrogens is 396 g/mol. The normalized spacial score (nSPS) is 40.2. The average Bonchev–Trinajstić information content (AvgIpc) is 3.30. The van der Waals surface area contributed by atoms with Crippen molar-refractivity contribution in [1.82, 2.24) is 4.90 Å². The van der Waals surface area contributed by atoms with E-state index >= 15 is 0 Å². The zero-order chi connectivity index (χ0) is 22.2. The van der Waals surface area contributed by atoms with Crippen molar-refractivity contribution in [3.05, 3.63) is 42.0 Å². The van der Waals surface area contributed by atoms with Crippen LogP contribution in [0, 0.1) is 11.3 Å². The van der Waals surface area contributed by atoms with E-state index in [0.29, 0.717) is 6.42 Å². The Morgan fingerprint density at radius 2 is 1.94 bits per heavy atom. The Bertz CT molecular complexity index is 978. The molecule has 1 aliphatic carbocycles. The van der Waals surface area contributed by atoms with Crippen molar-refractivity contribution in [3.8, 4) is 0 Å². The molecule has 0 radical (unpaired) electrons. The quantitative estimate of drug-likeness (QED) is 0.580. The van der Waals surface area contributed by atoms with Crippen LogP contribution in [0.25, 0.3) is 0 Å². The summed E-state index contributed by atoms with van der Waals surface area (Å²) in [7, 11) is 4.49. The largest absolute Gasteiger partial charge is 0.469 e. The molecule has 7 nitrogen and oxygen atoms in total. The maximum Gasteiger partial charge on any atom is 0.341 e. The molecule has 3 aliphatic heterocycles. The first-order chi connectivity index (χ1) is 14.8. The number of para-hydroxylation sites is 1. The smallest absolute Gasteiger partial charge is 0.341 e.